The van der Waals surface area contributed by atoms with E-state index in [1.54, 1.807) is 24.3 Å². The normalized spacial score (nSPS) is 9.69. The fraction of sp³-hybridized carbons (Fsp3) is 0. The van der Waals surface area contributed by atoms with Gasteiger partial charge in [-0.3, -0.25) is 4.98 Å². The average molecular weight is 213 g/mol. The van der Waals surface area contributed by atoms with Gasteiger partial charge in [0.2, 0.25) is 5.69 Å². The molecule has 0 aliphatic rings. The Morgan fingerprint density at radius 3 is 2.56 bits per heavy atom. The monoisotopic (exact) mass is 213 g/mol. The molecule has 0 atom stereocenters. The molecular formula is C11H7N3O2. The second-order valence-corrected chi connectivity index (χ2v) is 3.13. The number of hydrogen-bond acceptors (Lipinski definition) is 2. The molecule has 1 heterocycles. The van der Waals surface area contributed by atoms with Gasteiger partial charge in [-0.15, -0.1) is 0 Å². The third-order valence-electron chi connectivity index (χ3n) is 2.20. The summed E-state index contributed by atoms with van der Waals surface area (Å²) in [6, 6.07) is 8.86. The van der Waals surface area contributed by atoms with E-state index < -0.39 is 4.92 Å². The van der Waals surface area contributed by atoms with E-state index in [9.17, 15) is 10.1 Å². The van der Waals surface area contributed by atoms with Crippen molar-refractivity contribution in [3.05, 3.63) is 58.1 Å². The number of H-pyrrole nitrogens is 1. The molecule has 2 aromatic rings. The number of nitrogens with zero attached hydrogens (tertiary/aromatic N) is 2. The van der Waals surface area contributed by atoms with Crippen LogP contribution < -0.4 is 0 Å². The fourth-order valence-corrected chi connectivity index (χ4v) is 1.52. The van der Waals surface area contributed by atoms with E-state index in [1.165, 1.54) is 6.20 Å². The van der Waals surface area contributed by atoms with E-state index in [2.05, 4.69) is 9.83 Å². The van der Waals surface area contributed by atoms with Crippen LogP contribution in [0.1, 0.15) is 0 Å². The average Bonchev–Trinajstić information content (AvgIpc) is 2.73. The second kappa shape index (κ2) is 3.87. The third-order valence-corrected chi connectivity index (χ3v) is 2.20. The van der Waals surface area contributed by atoms with Crippen LogP contribution in [0.15, 0.2) is 36.5 Å². The van der Waals surface area contributed by atoms with E-state index in [0.29, 0.717) is 11.1 Å². The number of aromatic nitrogens is 1. The Balaban J connectivity index is 2.68. The zero-order chi connectivity index (χ0) is 11.5. The van der Waals surface area contributed by atoms with Crippen LogP contribution >= 0.6 is 0 Å². The summed E-state index contributed by atoms with van der Waals surface area (Å²) in [7, 11) is 0. The zero-order valence-corrected chi connectivity index (χ0v) is 8.18. The van der Waals surface area contributed by atoms with Crippen molar-refractivity contribution in [2.45, 2.75) is 0 Å². The van der Waals surface area contributed by atoms with Gasteiger partial charge in [0.25, 0.3) is 0 Å². The van der Waals surface area contributed by atoms with Crippen molar-refractivity contribution in [3.63, 3.8) is 0 Å². The molecular weight excluding hydrogens is 206 g/mol. The summed E-state index contributed by atoms with van der Waals surface area (Å²) in [5.74, 6) is -0.141. The maximum absolute atomic E-state index is 10.8. The number of aromatic amines is 1. The molecule has 1 aromatic heterocycles. The highest BCUT2D eigenvalue weighted by atomic mass is 16.6. The van der Waals surface area contributed by atoms with Crippen LogP contribution in [0.3, 0.4) is 0 Å². The summed E-state index contributed by atoms with van der Waals surface area (Å²) in [5.41, 5.74) is 1.28. The van der Waals surface area contributed by atoms with Crippen molar-refractivity contribution in [1.29, 1.82) is 0 Å². The van der Waals surface area contributed by atoms with Crippen molar-refractivity contribution < 1.29 is 4.92 Å². The molecule has 1 N–H and O–H groups in total. The molecule has 0 bridgehead atoms. The Hall–Kier alpha value is -2.61. The van der Waals surface area contributed by atoms with Crippen molar-refractivity contribution in [2.75, 3.05) is 0 Å². The minimum atomic E-state index is -0.517. The van der Waals surface area contributed by atoms with E-state index in [0.717, 1.165) is 0 Å². The van der Waals surface area contributed by atoms with Crippen LogP contribution in [-0.4, -0.2) is 9.91 Å². The molecule has 16 heavy (non-hydrogen) atoms. The number of nitrogens with one attached hydrogen (secondary N) is 1. The molecule has 0 saturated heterocycles. The number of benzene rings is 1. The predicted octanol–water partition coefficient (Wildman–Crippen LogP) is 3.14. The van der Waals surface area contributed by atoms with Gasteiger partial charge < -0.3 is 10.1 Å². The van der Waals surface area contributed by atoms with Gasteiger partial charge in [-0.2, -0.15) is 0 Å². The van der Waals surface area contributed by atoms with Crippen LogP contribution in [0, 0.1) is 16.7 Å². The first-order valence-electron chi connectivity index (χ1n) is 4.52. The molecule has 0 spiro atoms. The van der Waals surface area contributed by atoms with Gasteiger partial charge in [-0.1, -0.05) is 30.3 Å². The van der Waals surface area contributed by atoms with Crippen molar-refractivity contribution in [1.82, 2.24) is 4.98 Å². The number of rotatable bonds is 2. The Morgan fingerprint density at radius 2 is 2.00 bits per heavy atom. The van der Waals surface area contributed by atoms with Crippen LogP contribution in [0.25, 0.3) is 16.0 Å². The lowest BCUT2D eigenvalue weighted by Gasteiger charge is -1.99. The molecule has 5 heteroatoms. The Morgan fingerprint density at radius 1 is 1.31 bits per heavy atom. The minimum absolute atomic E-state index is 0.141. The van der Waals surface area contributed by atoms with Gasteiger partial charge in [0.15, 0.2) is 0 Å². The van der Waals surface area contributed by atoms with Gasteiger partial charge in [0.05, 0.1) is 18.3 Å². The maximum atomic E-state index is 10.8. The zero-order valence-electron chi connectivity index (χ0n) is 8.18. The molecule has 2 rings (SSSR count). The largest absolute Gasteiger partial charge is 0.358 e. The molecule has 0 saturated carbocycles. The van der Waals surface area contributed by atoms with Crippen molar-refractivity contribution >= 4 is 11.5 Å². The molecule has 0 fully saturated rings. The highest BCUT2D eigenvalue weighted by Gasteiger charge is 2.20. The smallest absolute Gasteiger partial charge is 0.317 e. The lowest BCUT2D eigenvalue weighted by molar-refractivity contribution is -0.388. The lowest BCUT2D eigenvalue weighted by atomic mass is 10.1. The van der Waals surface area contributed by atoms with E-state index in [1.807, 2.05) is 6.07 Å². The number of hydrogen-bond donors (Lipinski definition) is 1. The van der Waals surface area contributed by atoms with E-state index in [4.69, 9.17) is 6.57 Å². The molecule has 0 radical (unpaired) electrons. The minimum Gasteiger partial charge on any atom is -0.358 e. The van der Waals surface area contributed by atoms with Gasteiger partial charge in [-0.05, 0) is 10.5 Å². The fourth-order valence-electron chi connectivity index (χ4n) is 1.52. The van der Waals surface area contributed by atoms with Gasteiger partial charge in [0, 0.05) is 0 Å². The van der Waals surface area contributed by atoms with E-state index in [-0.39, 0.29) is 11.5 Å². The molecule has 0 amide bonds. The number of nitro groups is 1. The van der Waals surface area contributed by atoms with Gasteiger partial charge >= 0.3 is 5.82 Å². The summed E-state index contributed by atoms with van der Waals surface area (Å²) in [6.45, 7) is 6.97. The van der Waals surface area contributed by atoms with Gasteiger partial charge in [0.1, 0.15) is 0 Å². The first kappa shape index (κ1) is 9.93. The van der Waals surface area contributed by atoms with Crippen molar-refractivity contribution in [3.8, 4) is 11.1 Å². The maximum Gasteiger partial charge on any atom is 0.317 e. The predicted molar refractivity (Wildman–Crippen MR) is 59.1 cm³/mol. The molecule has 0 aliphatic carbocycles. The first-order valence-corrected chi connectivity index (χ1v) is 4.52. The summed E-state index contributed by atoms with van der Waals surface area (Å²) >= 11 is 0. The van der Waals surface area contributed by atoms with Gasteiger partial charge in [-0.25, -0.2) is 4.85 Å². The van der Waals surface area contributed by atoms with Crippen LogP contribution in [0.4, 0.5) is 11.5 Å². The highest BCUT2D eigenvalue weighted by Crippen LogP contribution is 2.37. The Kier molecular flexibility index (Phi) is 2.40. The molecule has 0 unspecified atom stereocenters. The first-order chi connectivity index (χ1) is 7.74. The van der Waals surface area contributed by atoms with Crippen LogP contribution in [0.5, 0.6) is 0 Å². The quantitative estimate of drug-likeness (QED) is 0.473. The van der Waals surface area contributed by atoms with Crippen LogP contribution in [0.2, 0.25) is 0 Å². The molecule has 0 aliphatic heterocycles. The summed E-state index contributed by atoms with van der Waals surface area (Å²) in [5, 5.41) is 10.8. The molecule has 5 nitrogen and oxygen atoms in total. The van der Waals surface area contributed by atoms with Crippen molar-refractivity contribution in [2.24, 2.45) is 0 Å². The standard InChI is InChI=1S/C11H7N3O2/c1-12-9-7-13-11(14(15)16)10(9)8-5-3-2-4-6-8/h2-7,13H. The summed E-state index contributed by atoms with van der Waals surface area (Å²) in [6.07, 6.45) is 1.35. The summed E-state index contributed by atoms with van der Waals surface area (Å²) in [4.78, 5) is 16.1. The highest BCUT2D eigenvalue weighted by molar-refractivity contribution is 5.85. The molecule has 78 valence electrons. The molecule has 1 aromatic carbocycles. The lowest BCUT2D eigenvalue weighted by Crippen LogP contribution is -1.90. The van der Waals surface area contributed by atoms with Crippen LogP contribution in [-0.2, 0) is 0 Å². The topological polar surface area (TPSA) is 63.3 Å². The summed E-state index contributed by atoms with van der Waals surface area (Å²) < 4.78 is 0. The van der Waals surface area contributed by atoms with E-state index >= 15 is 0 Å². The SMILES string of the molecule is [C-]#[N+]c1c[nH]c([N+](=O)[O-])c1-c1ccccc1. The second-order valence-electron chi connectivity index (χ2n) is 3.13. The third kappa shape index (κ3) is 1.53. The Labute approximate surface area is 91.3 Å². The Bertz CT molecular complexity index is 567.